The number of nitrogens with zero attached hydrogens (tertiary/aromatic N) is 4. The van der Waals surface area contributed by atoms with Gasteiger partial charge in [-0.2, -0.15) is 4.98 Å². The number of aliphatic imine (C=N–C) groups is 1. The van der Waals surface area contributed by atoms with Gasteiger partial charge in [0.2, 0.25) is 0 Å². The molecule has 0 spiro atoms. The smallest absolute Gasteiger partial charge is 0.314 e. The fourth-order valence-electron chi connectivity index (χ4n) is 2.42. The number of aromatic nitrogens is 2. The first-order valence-electron chi connectivity index (χ1n) is 7.16. The lowest BCUT2D eigenvalue weighted by atomic mass is 10.1. The number of benzene rings is 1. The lowest BCUT2D eigenvalue weighted by molar-refractivity contribution is -0.118. The molecule has 0 radical (unpaired) electrons. The summed E-state index contributed by atoms with van der Waals surface area (Å²) < 4.78 is 5.17. The van der Waals surface area contributed by atoms with Crippen LogP contribution in [0.5, 0.6) is 0 Å². The van der Waals surface area contributed by atoms with Crippen molar-refractivity contribution in [3.8, 4) is 0 Å². The van der Waals surface area contributed by atoms with E-state index >= 15 is 0 Å². The Morgan fingerprint density at radius 1 is 1.32 bits per heavy atom. The summed E-state index contributed by atoms with van der Waals surface area (Å²) in [5, 5.41) is 4.55. The van der Waals surface area contributed by atoms with E-state index in [0.717, 1.165) is 18.4 Å². The molecular formula is C15H13ClN4O2. The van der Waals surface area contributed by atoms with Gasteiger partial charge in [0.05, 0.1) is 0 Å². The number of halogens is 1. The van der Waals surface area contributed by atoms with Gasteiger partial charge < -0.3 is 4.52 Å². The first-order chi connectivity index (χ1) is 10.7. The topological polar surface area (TPSA) is 71.6 Å². The highest BCUT2D eigenvalue weighted by Gasteiger charge is 2.35. The number of amides is 1. The second kappa shape index (κ2) is 5.21. The van der Waals surface area contributed by atoms with Crippen LogP contribution in [0.25, 0.3) is 0 Å². The van der Waals surface area contributed by atoms with Crippen molar-refractivity contribution in [1.82, 2.24) is 10.1 Å². The van der Waals surface area contributed by atoms with E-state index in [1.807, 2.05) is 18.2 Å². The van der Waals surface area contributed by atoms with Crippen LogP contribution in [0.15, 0.2) is 33.8 Å². The van der Waals surface area contributed by atoms with E-state index in [1.54, 1.807) is 6.07 Å². The first kappa shape index (κ1) is 13.5. The van der Waals surface area contributed by atoms with Crippen LogP contribution in [-0.2, 0) is 11.2 Å². The lowest BCUT2D eigenvalue weighted by Gasteiger charge is -2.10. The van der Waals surface area contributed by atoms with E-state index in [-0.39, 0.29) is 11.9 Å². The third-order valence-electron chi connectivity index (χ3n) is 3.84. The second-order valence-corrected chi connectivity index (χ2v) is 5.90. The van der Waals surface area contributed by atoms with Crippen LogP contribution in [-0.4, -0.2) is 28.4 Å². The van der Waals surface area contributed by atoms with E-state index in [9.17, 15) is 4.79 Å². The molecule has 1 amide bonds. The Bertz CT molecular complexity index is 754. The zero-order chi connectivity index (χ0) is 15.1. The molecule has 1 aromatic heterocycles. The summed E-state index contributed by atoms with van der Waals surface area (Å²) in [5.74, 6) is 0.878. The fourth-order valence-corrected chi connectivity index (χ4v) is 2.63. The molecule has 22 heavy (non-hydrogen) atoms. The van der Waals surface area contributed by atoms with Crippen LogP contribution in [0.2, 0.25) is 5.02 Å². The molecule has 7 heteroatoms. The molecule has 0 saturated heterocycles. The monoisotopic (exact) mass is 316 g/mol. The lowest BCUT2D eigenvalue weighted by Crippen LogP contribution is -2.32. The largest absolute Gasteiger partial charge is 0.336 e. The average molecular weight is 317 g/mol. The van der Waals surface area contributed by atoms with E-state index in [1.165, 1.54) is 11.2 Å². The Kier molecular flexibility index (Phi) is 3.18. The van der Waals surface area contributed by atoms with Gasteiger partial charge in [-0.1, -0.05) is 35.0 Å². The maximum atomic E-state index is 12.4. The number of hydrogen-bond acceptors (Lipinski definition) is 5. The first-order valence-corrected chi connectivity index (χ1v) is 7.53. The molecule has 4 rings (SSSR count). The van der Waals surface area contributed by atoms with Crippen molar-refractivity contribution in [2.75, 3.05) is 4.90 Å². The highest BCUT2D eigenvalue weighted by molar-refractivity contribution is 6.31. The van der Waals surface area contributed by atoms with Crippen molar-refractivity contribution < 1.29 is 9.32 Å². The number of carbonyl (C=O) groups is 1. The zero-order valence-electron chi connectivity index (χ0n) is 11.6. The van der Waals surface area contributed by atoms with Gasteiger partial charge in [-0.25, -0.2) is 4.90 Å². The summed E-state index contributed by atoms with van der Waals surface area (Å²) in [5.41, 5.74) is 0.894. The van der Waals surface area contributed by atoms with Crippen LogP contribution >= 0.6 is 11.6 Å². The van der Waals surface area contributed by atoms with Gasteiger partial charge in [-0.05, 0) is 24.5 Å². The third kappa shape index (κ3) is 2.39. The van der Waals surface area contributed by atoms with Crippen LogP contribution in [0.4, 0.5) is 6.01 Å². The number of anilines is 1. The normalized spacial score (nSPS) is 20.9. The molecule has 6 nitrogen and oxygen atoms in total. The molecule has 1 aliphatic heterocycles. The predicted octanol–water partition coefficient (Wildman–Crippen LogP) is 2.59. The molecule has 1 fully saturated rings. The predicted molar refractivity (Wildman–Crippen MR) is 81.2 cm³/mol. The maximum Gasteiger partial charge on any atom is 0.336 e. The minimum Gasteiger partial charge on any atom is -0.314 e. The molecule has 1 aliphatic carbocycles. The SMILES string of the molecule is O=C1C(Cc2ccccc2Cl)N=CN1c1nc(C2CC2)no1. The molecule has 0 bridgehead atoms. The van der Waals surface area contributed by atoms with Crippen molar-refractivity contribution in [2.45, 2.75) is 31.2 Å². The Balaban J connectivity index is 1.50. The summed E-state index contributed by atoms with van der Waals surface area (Å²) in [6.07, 6.45) is 4.06. The van der Waals surface area contributed by atoms with E-state index < -0.39 is 6.04 Å². The number of rotatable bonds is 4. The van der Waals surface area contributed by atoms with Crippen LogP contribution < -0.4 is 4.90 Å². The molecule has 1 unspecified atom stereocenters. The van der Waals surface area contributed by atoms with Crippen molar-refractivity contribution >= 4 is 29.9 Å². The van der Waals surface area contributed by atoms with Gasteiger partial charge >= 0.3 is 6.01 Å². The summed E-state index contributed by atoms with van der Waals surface area (Å²) in [6.45, 7) is 0. The Hall–Kier alpha value is -2.21. The summed E-state index contributed by atoms with van der Waals surface area (Å²) >= 11 is 6.13. The van der Waals surface area contributed by atoms with Crippen LogP contribution in [0, 0.1) is 0 Å². The Morgan fingerprint density at radius 2 is 2.14 bits per heavy atom. The third-order valence-corrected chi connectivity index (χ3v) is 4.20. The van der Waals surface area contributed by atoms with Crippen molar-refractivity contribution in [1.29, 1.82) is 0 Å². The maximum absolute atomic E-state index is 12.4. The van der Waals surface area contributed by atoms with Crippen molar-refractivity contribution in [3.63, 3.8) is 0 Å². The van der Waals surface area contributed by atoms with Gasteiger partial charge in [0.25, 0.3) is 5.91 Å². The quantitative estimate of drug-likeness (QED) is 0.869. The number of hydrogen-bond donors (Lipinski definition) is 0. The van der Waals surface area contributed by atoms with E-state index in [0.29, 0.717) is 23.2 Å². The molecular weight excluding hydrogens is 304 g/mol. The highest BCUT2D eigenvalue weighted by Crippen LogP contribution is 2.38. The second-order valence-electron chi connectivity index (χ2n) is 5.49. The van der Waals surface area contributed by atoms with Gasteiger partial charge in [0.15, 0.2) is 5.82 Å². The van der Waals surface area contributed by atoms with Crippen molar-refractivity contribution in [2.24, 2.45) is 4.99 Å². The molecule has 2 heterocycles. The average Bonchev–Trinajstić information content (AvgIpc) is 3.15. The Labute approximate surface area is 131 Å². The van der Waals surface area contributed by atoms with Gasteiger partial charge in [0.1, 0.15) is 12.4 Å². The minimum absolute atomic E-state index is 0.175. The van der Waals surface area contributed by atoms with Gasteiger partial charge in [0, 0.05) is 17.4 Å². The summed E-state index contributed by atoms with van der Waals surface area (Å²) in [7, 11) is 0. The summed E-state index contributed by atoms with van der Waals surface area (Å²) in [6, 6.07) is 7.13. The molecule has 2 aliphatic rings. The molecule has 0 N–H and O–H groups in total. The summed E-state index contributed by atoms with van der Waals surface area (Å²) in [4.78, 5) is 22.3. The zero-order valence-corrected chi connectivity index (χ0v) is 12.4. The molecule has 112 valence electrons. The van der Waals surface area contributed by atoms with Gasteiger partial charge in [-0.15, -0.1) is 0 Å². The Morgan fingerprint density at radius 3 is 2.91 bits per heavy atom. The van der Waals surface area contributed by atoms with E-state index in [4.69, 9.17) is 16.1 Å². The fraction of sp³-hybridized carbons (Fsp3) is 0.333. The van der Waals surface area contributed by atoms with Crippen LogP contribution in [0.1, 0.15) is 30.1 Å². The molecule has 1 atom stereocenters. The molecule has 2 aromatic rings. The van der Waals surface area contributed by atoms with Crippen molar-refractivity contribution in [3.05, 3.63) is 40.7 Å². The number of carbonyl (C=O) groups excluding carboxylic acids is 1. The highest BCUT2D eigenvalue weighted by atomic mass is 35.5. The molecule has 1 saturated carbocycles. The van der Waals surface area contributed by atoms with Gasteiger partial charge in [-0.3, -0.25) is 9.79 Å². The van der Waals surface area contributed by atoms with E-state index in [2.05, 4.69) is 15.1 Å². The molecule has 1 aromatic carbocycles. The van der Waals surface area contributed by atoms with Crippen LogP contribution in [0.3, 0.4) is 0 Å². The standard InChI is InChI=1S/C15H13ClN4O2/c16-11-4-2-1-3-10(11)7-12-14(21)20(8-17-12)15-18-13(19-22-15)9-5-6-9/h1-4,8-9,12H,5-7H2. The minimum atomic E-state index is -0.504.